The van der Waals surface area contributed by atoms with Gasteiger partial charge in [-0.2, -0.15) is 0 Å². The zero-order chi connectivity index (χ0) is 16.1. The van der Waals surface area contributed by atoms with Gasteiger partial charge in [-0.1, -0.05) is 28.4 Å². The van der Waals surface area contributed by atoms with Crippen molar-refractivity contribution in [3.05, 3.63) is 57.8 Å². The molecule has 0 unspecified atom stereocenters. The third-order valence-corrected chi connectivity index (χ3v) is 3.28. The molecule has 22 heavy (non-hydrogen) atoms. The van der Waals surface area contributed by atoms with Gasteiger partial charge in [-0.3, -0.25) is 4.98 Å². The first kappa shape index (κ1) is 16.1. The Balaban J connectivity index is 2.25. The molecule has 6 nitrogen and oxygen atoms in total. The molecule has 0 radical (unpaired) electrons. The van der Waals surface area contributed by atoms with Gasteiger partial charge < -0.3 is 15.3 Å². The topological polar surface area (TPSA) is 86.8 Å². The smallest absolute Gasteiger partial charge is 0.371 e. The molecule has 0 atom stereocenters. The van der Waals surface area contributed by atoms with E-state index in [0.717, 1.165) is 0 Å². The second kappa shape index (κ2) is 7.11. The summed E-state index contributed by atoms with van der Waals surface area (Å²) in [4.78, 5) is 20.8. The van der Waals surface area contributed by atoms with Crippen molar-refractivity contribution in [1.82, 2.24) is 4.98 Å². The van der Waals surface area contributed by atoms with Crippen molar-refractivity contribution in [3.8, 4) is 5.75 Å². The fourth-order valence-corrected chi connectivity index (χ4v) is 2.10. The van der Waals surface area contributed by atoms with Crippen molar-refractivity contribution in [3.63, 3.8) is 0 Å². The maximum Gasteiger partial charge on any atom is 0.371 e. The number of halogens is 2. The number of pyridine rings is 1. The molecule has 2 N–H and O–H groups in total. The van der Waals surface area contributed by atoms with Gasteiger partial charge in [-0.15, -0.1) is 0 Å². The number of methoxy groups -OCH3 is 1. The molecule has 8 heteroatoms. The Bertz CT molecular complexity index is 721. The molecule has 1 heterocycles. The highest BCUT2D eigenvalue weighted by Crippen LogP contribution is 2.34. The number of nitrogens with two attached hydrogens (primary N) is 1. The number of benzene rings is 1. The standard InChI is InChI=1S/C14H11Cl2N3O3/c1-21-12-10(16)3-2-9(15)11(12)14(20)22-19-13(17)8-4-6-18-7-5-8/h2-7H,1H3,(H2,17,19). The zero-order valence-electron chi connectivity index (χ0n) is 11.4. The lowest BCUT2D eigenvalue weighted by Gasteiger charge is -2.09. The van der Waals surface area contributed by atoms with E-state index in [0.29, 0.717) is 5.56 Å². The average molecular weight is 340 g/mol. The number of aromatic nitrogens is 1. The van der Waals surface area contributed by atoms with Gasteiger partial charge >= 0.3 is 5.97 Å². The molecule has 0 saturated heterocycles. The molecule has 114 valence electrons. The summed E-state index contributed by atoms with van der Waals surface area (Å²) in [7, 11) is 1.36. The second-order valence-corrected chi connectivity index (χ2v) is 4.84. The Hall–Kier alpha value is -2.31. The zero-order valence-corrected chi connectivity index (χ0v) is 12.9. The third-order valence-electron chi connectivity index (χ3n) is 2.67. The summed E-state index contributed by atoms with van der Waals surface area (Å²) in [6, 6.07) is 6.21. The van der Waals surface area contributed by atoms with E-state index >= 15 is 0 Å². The van der Waals surface area contributed by atoms with Crippen molar-refractivity contribution in [2.75, 3.05) is 7.11 Å². The van der Waals surface area contributed by atoms with E-state index in [2.05, 4.69) is 10.1 Å². The van der Waals surface area contributed by atoms with Gasteiger partial charge in [0, 0.05) is 18.0 Å². The summed E-state index contributed by atoms with van der Waals surface area (Å²) in [5.41, 5.74) is 6.25. The quantitative estimate of drug-likeness (QED) is 0.400. The Kier molecular flexibility index (Phi) is 5.19. The third kappa shape index (κ3) is 3.47. The van der Waals surface area contributed by atoms with E-state index in [1.54, 1.807) is 12.1 Å². The van der Waals surface area contributed by atoms with Crippen LogP contribution < -0.4 is 10.5 Å². The maximum absolute atomic E-state index is 12.1. The van der Waals surface area contributed by atoms with Gasteiger partial charge in [-0.05, 0) is 24.3 Å². The molecule has 0 spiro atoms. The minimum Gasteiger partial charge on any atom is -0.494 e. The van der Waals surface area contributed by atoms with Crippen LogP contribution in [0.1, 0.15) is 15.9 Å². The lowest BCUT2D eigenvalue weighted by Crippen LogP contribution is -2.15. The van der Waals surface area contributed by atoms with E-state index in [1.807, 2.05) is 0 Å². The molecule has 0 fully saturated rings. The number of hydrogen-bond acceptors (Lipinski definition) is 5. The molecule has 2 aromatic rings. The summed E-state index contributed by atoms with van der Waals surface area (Å²) in [6.07, 6.45) is 3.08. The number of ether oxygens (including phenoxy) is 1. The monoisotopic (exact) mass is 339 g/mol. The van der Waals surface area contributed by atoms with Gasteiger partial charge in [0.25, 0.3) is 0 Å². The van der Waals surface area contributed by atoms with Crippen LogP contribution in [0, 0.1) is 0 Å². The van der Waals surface area contributed by atoms with E-state index in [-0.39, 0.29) is 27.2 Å². The first-order valence-corrected chi connectivity index (χ1v) is 6.77. The average Bonchev–Trinajstić information content (AvgIpc) is 2.54. The van der Waals surface area contributed by atoms with E-state index in [1.165, 1.54) is 31.6 Å². The predicted molar refractivity (Wildman–Crippen MR) is 83.4 cm³/mol. The number of hydrogen-bond donors (Lipinski definition) is 1. The molecular weight excluding hydrogens is 329 g/mol. The van der Waals surface area contributed by atoms with Gasteiger partial charge in [0.1, 0.15) is 5.56 Å². The molecule has 1 aromatic heterocycles. The first-order valence-electron chi connectivity index (χ1n) is 6.01. The van der Waals surface area contributed by atoms with E-state index < -0.39 is 5.97 Å². The molecule has 0 bridgehead atoms. The molecule has 0 aliphatic heterocycles. The minimum atomic E-state index is -0.832. The van der Waals surface area contributed by atoms with Crippen molar-refractivity contribution in [1.29, 1.82) is 0 Å². The van der Waals surface area contributed by atoms with Crippen LogP contribution in [0.5, 0.6) is 5.75 Å². The van der Waals surface area contributed by atoms with Crippen LogP contribution in [0.15, 0.2) is 41.8 Å². The second-order valence-electron chi connectivity index (χ2n) is 4.03. The number of carbonyl (C=O) groups is 1. The van der Waals surface area contributed by atoms with Gasteiger partial charge in [-0.25, -0.2) is 4.79 Å². The molecular formula is C14H11Cl2N3O3. The Labute approximate surface area is 136 Å². The van der Waals surface area contributed by atoms with Crippen LogP contribution in [0.4, 0.5) is 0 Å². The van der Waals surface area contributed by atoms with Crippen LogP contribution in [0.25, 0.3) is 0 Å². The van der Waals surface area contributed by atoms with E-state index in [9.17, 15) is 4.79 Å². The SMILES string of the molecule is COc1c(Cl)ccc(Cl)c1C(=O)ON=C(N)c1ccncc1. The highest BCUT2D eigenvalue weighted by atomic mass is 35.5. The fraction of sp³-hybridized carbons (Fsp3) is 0.0714. The largest absolute Gasteiger partial charge is 0.494 e. The Morgan fingerprint density at radius 3 is 2.45 bits per heavy atom. The van der Waals surface area contributed by atoms with Crippen LogP contribution in [-0.4, -0.2) is 23.9 Å². The van der Waals surface area contributed by atoms with Gasteiger partial charge in [0.05, 0.1) is 17.2 Å². The Morgan fingerprint density at radius 2 is 1.82 bits per heavy atom. The molecule has 0 aliphatic carbocycles. The molecule has 2 rings (SSSR count). The predicted octanol–water partition coefficient (Wildman–Crippen LogP) is 2.87. The summed E-state index contributed by atoms with van der Waals surface area (Å²) < 4.78 is 5.06. The highest BCUT2D eigenvalue weighted by molar-refractivity contribution is 6.37. The summed E-state index contributed by atoms with van der Waals surface area (Å²) in [6.45, 7) is 0. The first-order chi connectivity index (χ1) is 10.5. The van der Waals surface area contributed by atoms with Crippen molar-refractivity contribution in [2.24, 2.45) is 10.9 Å². The van der Waals surface area contributed by atoms with E-state index in [4.69, 9.17) is 38.5 Å². The molecule has 0 amide bonds. The summed E-state index contributed by atoms with van der Waals surface area (Å²) in [5.74, 6) is -0.703. The molecule has 1 aromatic carbocycles. The maximum atomic E-state index is 12.1. The van der Waals surface area contributed by atoms with Crippen molar-refractivity contribution >= 4 is 35.0 Å². The number of oxime groups is 1. The van der Waals surface area contributed by atoms with Crippen LogP contribution >= 0.6 is 23.2 Å². The molecule has 0 aliphatic rings. The van der Waals surface area contributed by atoms with Gasteiger partial charge in [0.2, 0.25) is 0 Å². The summed E-state index contributed by atoms with van der Waals surface area (Å²) >= 11 is 11.9. The van der Waals surface area contributed by atoms with Crippen LogP contribution in [0.2, 0.25) is 10.0 Å². The van der Waals surface area contributed by atoms with Crippen LogP contribution in [0.3, 0.4) is 0 Å². The lowest BCUT2D eigenvalue weighted by atomic mass is 10.2. The number of amidine groups is 1. The molecule has 0 saturated carbocycles. The lowest BCUT2D eigenvalue weighted by molar-refractivity contribution is 0.0512. The summed E-state index contributed by atoms with van der Waals surface area (Å²) in [5, 5.41) is 3.93. The Morgan fingerprint density at radius 1 is 1.18 bits per heavy atom. The van der Waals surface area contributed by atoms with Gasteiger partial charge in [0.15, 0.2) is 11.6 Å². The van der Waals surface area contributed by atoms with Crippen LogP contribution in [-0.2, 0) is 4.84 Å². The van der Waals surface area contributed by atoms with Crippen molar-refractivity contribution < 1.29 is 14.4 Å². The number of carbonyl (C=O) groups excluding carboxylic acids is 1. The fourth-order valence-electron chi connectivity index (χ4n) is 1.63. The number of rotatable bonds is 4. The van der Waals surface area contributed by atoms with Crippen molar-refractivity contribution in [2.45, 2.75) is 0 Å². The number of nitrogens with zero attached hydrogens (tertiary/aromatic N) is 2. The highest BCUT2D eigenvalue weighted by Gasteiger charge is 2.21. The normalized spacial score (nSPS) is 11.1. The minimum absolute atomic E-state index is 0.0212.